The van der Waals surface area contributed by atoms with E-state index in [0.717, 1.165) is 26.2 Å². The fourth-order valence-electron chi connectivity index (χ4n) is 2.07. The minimum atomic E-state index is -0.0115. The highest BCUT2D eigenvalue weighted by Crippen LogP contribution is 2.16. The Morgan fingerprint density at radius 1 is 1.67 bits per heavy atom. The number of nitrogens with zero attached hydrogens (tertiary/aromatic N) is 2. The fourth-order valence-corrected chi connectivity index (χ4v) is 2.07. The van der Waals surface area contributed by atoms with Gasteiger partial charge in [0.2, 0.25) is 5.88 Å². The molecule has 1 aliphatic heterocycles. The Kier molecular flexibility index (Phi) is 4.15. The van der Waals surface area contributed by atoms with Crippen LogP contribution < -0.4 is 4.74 Å². The first-order chi connectivity index (χ1) is 8.70. The van der Waals surface area contributed by atoms with E-state index in [2.05, 4.69) is 4.98 Å². The molecule has 1 atom stereocenters. The minimum Gasteiger partial charge on any atom is -0.481 e. The van der Waals surface area contributed by atoms with Crippen LogP contribution in [0.15, 0.2) is 18.3 Å². The van der Waals surface area contributed by atoms with Crippen LogP contribution in [0.1, 0.15) is 16.8 Å². The third kappa shape index (κ3) is 2.98. The maximum atomic E-state index is 12.2. The molecule has 0 aromatic carbocycles. The summed E-state index contributed by atoms with van der Waals surface area (Å²) in [4.78, 5) is 17.9. The Morgan fingerprint density at radius 3 is 3.17 bits per heavy atom. The van der Waals surface area contributed by atoms with Gasteiger partial charge in [-0.3, -0.25) is 4.79 Å². The number of pyridine rings is 1. The van der Waals surface area contributed by atoms with Crippen molar-refractivity contribution in [1.29, 1.82) is 0 Å². The summed E-state index contributed by atoms with van der Waals surface area (Å²) in [5.41, 5.74) is 0.600. The molecule has 0 N–H and O–H groups in total. The van der Waals surface area contributed by atoms with E-state index >= 15 is 0 Å². The molecule has 0 saturated carbocycles. The zero-order chi connectivity index (χ0) is 13.0. The number of aromatic nitrogens is 1. The molecular weight excluding hydrogens is 232 g/mol. The molecule has 1 aliphatic rings. The lowest BCUT2D eigenvalue weighted by Crippen LogP contribution is -2.32. The van der Waals surface area contributed by atoms with Crippen molar-refractivity contribution in [3.63, 3.8) is 0 Å². The second-order valence-electron chi connectivity index (χ2n) is 4.50. The summed E-state index contributed by atoms with van der Waals surface area (Å²) in [6, 6.07) is 3.36. The van der Waals surface area contributed by atoms with Gasteiger partial charge < -0.3 is 14.4 Å². The van der Waals surface area contributed by atoms with Gasteiger partial charge in [0.05, 0.1) is 13.7 Å². The highest BCUT2D eigenvalue weighted by atomic mass is 16.5. The summed E-state index contributed by atoms with van der Waals surface area (Å²) in [5.74, 6) is 0.892. The molecule has 5 heteroatoms. The van der Waals surface area contributed by atoms with E-state index in [1.807, 2.05) is 7.05 Å². The summed E-state index contributed by atoms with van der Waals surface area (Å²) < 4.78 is 10.3. The van der Waals surface area contributed by atoms with Crippen LogP contribution in [-0.4, -0.2) is 49.7 Å². The van der Waals surface area contributed by atoms with Crippen molar-refractivity contribution in [1.82, 2.24) is 9.88 Å². The number of ether oxygens (including phenoxy) is 2. The fraction of sp³-hybridized carbons (Fsp3) is 0.538. The van der Waals surface area contributed by atoms with Crippen LogP contribution in [-0.2, 0) is 4.74 Å². The molecule has 1 aromatic heterocycles. The van der Waals surface area contributed by atoms with Gasteiger partial charge in [-0.05, 0) is 12.5 Å². The lowest BCUT2D eigenvalue weighted by molar-refractivity contribution is 0.0765. The molecule has 0 spiro atoms. The largest absolute Gasteiger partial charge is 0.481 e. The summed E-state index contributed by atoms with van der Waals surface area (Å²) in [6.45, 7) is 2.27. The van der Waals surface area contributed by atoms with Crippen molar-refractivity contribution in [2.24, 2.45) is 5.92 Å². The molecule has 2 rings (SSSR count). The number of rotatable bonds is 4. The van der Waals surface area contributed by atoms with E-state index in [4.69, 9.17) is 9.47 Å². The van der Waals surface area contributed by atoms with Crippen molar-refractivity contribution < 1.29 is 14.3 Å². The van der Waals surface area contributed by atoms with Crippen LogP contribution in [0.2, 0.25) is 0 Å². The van der Waals surface area contributed by atoms with Crippen molar-refractivity contribution in [2.45, 2.75) is 6.42 Å². The Hall–Kier alpha value is -1.62. The Labute approximate surface area is 107 Å². The number of hydrogen-bond acceptors (Lipinski definition) is 4. The molecule has 1 amide bonds. The highest BCUT2D eigenvalue weighted by Gasteiger charge is 2.21. The zero-order valence-corrected chi connectivity index (χ0v) is 10.8. The molecule has 0 aliphatic carbocycles. The van der Waals surface area contributed by atoms with Crippen molar-refractivity contribution in [2.75, 3.05) is 33.9 Å². The molecule has 0 radical (unpaired) electrons. The quantitative estimate of drug-likeness (QED) is 0.805. The third-order valence-corrected chi connectivity index (χ3v) is 3.09. The standard InChI is InChI=1S/C13H18N2O3/c1-15(8-10-4-6-18-9-10)13(16)11-3-5-14-12(7-11)17-2/h3,5,7,10H,4,6,8-9H2,1-2H3/t10-/m1/s1. The Bertz CT molecular complexity index is 416. The van der Waals surface area contributed by atoms with Gasteiger partial charge in [0.15, 0.2) is 0 Å². The topological polar surface area (TPSA) is 51.7 Å². The summed E-state index contributed by atoms with van der Waals surface area (Å²) in [6.07, 6.45) is 2.61. The second kappa shape index (κ2) is 5.82. The summed E-state index contributed by atoms with van der Waals surface area (Å²) >= 11 is 0. The van der Waals surface area contributed by atoms with Gasteiger partial charge in [0.1, 0.15) is 0 Å². The van der Waals surface area contributed by atoms with E-state index in [-0.39, 0.29) is 5.91 Å². The molecule has 18 heavy (non-hydrogen) atoms. The lowest BCUT2D eigenvalue weighted by Gasteiger charge is -2.20. The van der Waals surface area contributed by atoms with E-state index in [9.17, 15) is 4.79 Å². The molecule has 1 aromatic rings. The number of carbonyl (C=O) groups is 1. The third-order valence-electron chi connectivity index (χ3n) is 3.09. The van der Waals surface area contributed by atoms with Crippen molar-refractivity contribution in [3.05, 3.63) is 23.9 Å². The monoisotopic (exact) mass is 250 g/mol. The highest BCUT2D eigenvalue weighted by molar-refractivity contribution is 5.94. The summed E-state index contributed by atoms with van der Waals surface area (Å²) in [5, 5.41) is 0. The molecule has 98 valence electrons. The molecule has 0 bridgehead atoms. The zero-order valence-electron chi connectivity index (χ0n) is 10.8. The molecule has 1 saturated heterocycles. The number of carbonyl (C=O) groups excluding carboxylic acids is 1. The first-order valence-electron chi connectivity index (χ1n) is 6.04. The molecule has 5 nitrogen and oxygen atoms in total. The molecular formula is C13H18N2O3. The van der Waals surface area contributed by atoms with E-state index in [1.165, 1.54) is 7.11 Å². The molecule has 0 unspecified atom stereocenters. The maximum absolute atomic E-state index is 12.2. The Balaban J connectivity index is 2.00. The van der Waals surface area contributed by atoms with Crippen LogP contribution in [0, 0.1) is 5.92 Å². The van der Waals surface area contributed by atoms with Crippen LogP contribution in [0.4, 0.5) is 0 Å². The molecule has 2 heterocycles. The van der Waals surface area contributed by atoms with Gasteiger partial charge in [-0.1, -0.05) is 0 Å². The number of hydrogen-bond donors (Lipinski definition) is 0. The van der Waals surface area contributed by atoms with E-state index < -0.39 is 0 Å². The Morgan fingerprint density at radius 2 is 2.50 bits per heavy atom. The number of methoxy groups -OCH3 is 1. The lowest BCUT2D eigenvalue weighted by atomic mass is 10.1. The normalized spacial score (nSPS) is 18.7. The van der Waals surface area contributed by atoms with Gasteiger partial charge >= 0.3 is 0 Å². The average molecular weight is 250 g/mol. The second-order valence-corrected chi connectivity index (χ2v) is 4.50. The maximum Gasteiger partial charge on any atom is 0.253 e. The van der Waals surface area contributed by atoms with Crippen LogP contribution >= 0.6 is 0 Å². The van der Waals surface area contributed by atoms with Gasteiger partial charge in [0, 0.05) is 43.9 Å². The van der Waals surface area contributed by atoms with Gasteiger partial charge in [-0.2, -0.15) is 0 Å². The smallest absolute Gasteiger partial charge is 0.253 e. The first-order valence-corrected chi connectivity index (χ1v) is 6.04. The van der Waals surface area contributed by atoms with Gasteiger partial charge in [-0.15, -0.1) is 0 Å². The first kappa shape index (κ1) is 12.8. The van der Waals surface area contributed by atoms with Crippen LogP contribution in [0.5, 0.6) is 5.88 Å². The predicted molar refractivity (Wildman–Crippen MR) is 66.7 cm³/mol. The van der Waals surface area contributed by atoms with Crippen molar-refractivity contribution in [3.8, 4) is 5.88 Å². The SMILES string of the molecule is COc1cc(C(=O)N(C)C[C@H]2CCOC2)ccn1. The van der Waals surface area contributed by atoms with E-state index in [0.29, 0.717) is 17.4 Å². The average Bonchev–Trinajstić information content (AvgIpc) is 2.90. The molecule has 1 fully saturated rings. The van der Waals surface area contributed by atoms with E-state index in [1.54, 1.807) is 23.2 Å². The van der Waals surface area contributed by atoms with Crippen LogP contribution in [0.25, 0.3) is 0 Å². The van der Waals surface area contributed by atoms with Gasteiger partial charge in [0.25, 0.3) is 5.91 Å². The minimum absolute atomic E-state index is 0.0115. The van der Waals surface area contributed by atoms with Crippen LogP contribution in [0.3, 0.4) is 0 Å². The van der Waals surface area contributed by atoms with Gasteiger partial charge in [-0.25, -0.2) is 4.98 Å². The number of amides is 1. The predicted octanol–water partition coefficient (Wildman–Crippen LogP) is 1.20. The van der Waals surface area contributed by atoms with Crippen molar-refractivity contribution >= 4 is 5.91 Å². The summed E-state index contributed by atoms with van der Waals surface area (Å²) in [7, 11) is 3.35.